The third-order valence-corrected chi connectivity index (χ3v) is 2.66. The Morgan fingerprint density at radius 2 is 1.58 bits per heavy atom. The lowest BCUT2D eigenvalue weighted by Crippen LogP contribution is -2.35. The Morgan fingerprint density at radius 3 is 2.11 bits per heavy atom. The lowest BCUT2D eigenvalue weighted by molar-refractivity contribution is -0.196. The first-order chi connectivity index (χ1) is 8.99. The molecule has 2 aliphatic heterocycles. The number of likely N-dealkylation sites (tertiary alicyclic amines) is 1. The van der Waals surface area contributed by atoms with Crippen molar-refractivity contribution in [3.05, 3.63) is 12.2 Å². The molecule has 0 spiro atoms. The van der Waals surface area contributed by atoms with Gasteiger partial charge in [0.2, 0.25) is 11.8 Å². The standard InChI is InChI=1S/C11H10N2O6/c14-7-1-2-8(15)12(7)6-5-11(18)19-13-9(16)3-4-10(13)17/h3-4H,1-2,5-6H2. The number of imide groups is 2. The zero-order valence-electron chi connectivity index (χ0n) is 9.83. The van der Waals surface area contributed by atoms with E-state index in [0.29, 0.717) is 5.06 Å². The van der Waals surface area contributed by atoms with Gasteiger partial charge >= 0.3 is 5.97 Å². The maximum Gasteiger partial charge on any atom is 0.335 e. The molecule has 2 rings (SSSR count). The third kappa shape index (κ3) is 2.67. The monoisotopic (exact) mass is 266 g/mol. The van der Waals surface area contributed by atoms with Crippen molar-refractivity contribution in [3.8, 4) is 0 Å². The summed E-state index contributed by atoms with van der Waals surface area (Å²) in [5.74, 6) is -3.03. The van der Waals surface area contributed by atoms with Crippen molar-refractivity contribution in [2.24, 2.45) is 0 Å². The minimum absolute atomic E-state index is 0.111. The van der Waals surface area contributed by atoms with E-state index < -0.39 is 17.8 Å². The van der Waals surface area contributed by atoms with Crippen molar-refractivity contribution in [2.45, 2.75) is 19.3 Å². The van der Waals surface area contributed by atoms with Gasteiger partial charge in [-0.2, -0.15) is 0 Å². The quantitative estimate of drug-likeness (QED) is 0.599. The Bertz CT molecular complexity index is 475. The molecule has 100 valence electrons. The molecule has 0 unspecified atom stereocenters. The molecule has 0 aromatic carbocycles. The first kappa shape index (κ1) is 12.9. The Hall–Kier alpha value is -2.51. The second kappa shape index (κ2) is 5.01. The normalized spacial score (nSPS) is 18.7. The second-order valence-electron chi connectivity index (χ2n) is 3.96. The van der Waals surface area contributed by atoms with E-state index in [1.165, 1.54) is 0 Å². The SMILES string of the molecule is O=C(CCN1C(=O)CCC1=O)ON1C(=O)C=CC1=O. The lowest BCUT2D eigenvalue weighted by Gasteiger charge is -2.15. The van der Waals surface area contributed by atoms with Gasteiger partial charge in [-0.25, -0.2) is 4.79 Å². The fraction of sp³-hybridized carbons (Fsp3) is 0.364. The minimum Gasteiger partial charge on any atom is -0.330 e. The average molecular weight is 266 g/mol. The predicted molar refractivity (Wildman–Crippen MR) is 57.7 cm³/mol. The van der Waals surface area contributed by atoms with E-state index in [-0.39, 0.29) is 37.6 Å². The molecule has 2 heterocycles. The van der Waals surface area contributed by atoms with E-state index >= 15 is 0 Å². The smallest absolute Gasteiger partial charge is 0.330 e. The summed E-state index contributed by atoms with van der Waals surface area (Å²) in [5, 5.41) is 0.329. The van der Waals surface area contributed by atoms with Gasteiger partial charge < -0.3 is 4.84 Å². The first-order valence-electron chi connectivity index (χ1n) is 5.59. The molecule has 0 aromatic rings. The summed E-state index contributed by atoms with van der Waals surface area (Å²) in [7, 11) is 0. The van der Waals surface area contributed by atoms with Crippen molar-refractivity contribution < 1.29 is 28.8 Å². The second-order valence-corrected chi connectivity index (χ2v) is 3.96. The summed E-state index contributed by atoms with van der Waals surface area (Å²) in [6, 6.07) is 0. The Morgan fingerprint density at radius 1 is 1.05 bits per heavy atom. The molecule has 8 nitrogen and oxygen atoms in total. The van der Waals surface area contributed by atoms with E-state index in [0.717, 1.165) is 17.1 Å². The van der Waals surface area contributed by atoms with Crippen LogP contribution in [0.15, 0.2) is 12.2 Å². The molecule has 19 heavy (non-hydrogen) atoms. The van der Waals surface area contributed by atoms with Crippen molar-refractivity contribution in [3.63, 3.8) is 0 Å². The molecule has 0 aromatic heterocycles. The van der Waals surface area contributed by atoms with Crippen LogP contribution in [0.5, 0.6) is 0 Å². The highest BCUT2D eigenvalue weighted by Crippen LogP contribution is 2.12. The van der Waals surface area contributed by atoms with E-state index in [1.54, 1.807) is 0 Å². The van der Waals surface area contributed by atoms with Crippen LogP contribution in [-0.4, -0.2) is 46.1 Å². The van der Waals surface area contributed by atoms with Gasteiger partial charge in [-0.05, 0) is 0 Å². The van der Waals surface area contributed by atoms with Crippen LogP contribution >= 0.6 is 0 Å². The lowest BCUT2D eigenvalue weighted by atomic mass is 10.4. The number of carbonyl (C=O) groups is 5. The van der Waals surface area contributed by atoms with Crippen LogP contribution in [-0.2, 0) is 28.8 Å². The highest BCUT2D eigenvalue weighted by molar-refractivity contribution is 6.12. The Balaban J connectivity index is 1.82. The summed E-state index contributed by atoms with van der Waals surface area (Å²) in [6.45, 7) is -0.111. The molecule has 8 heteroatoms. The van der Waals surface area contributed by atoms with Crippen LogP contribution in [0, 0.1) is 0 Å². The Kier molecular flexibility index (Phi) is 3.41. The number of rotatable bonds is 4. The van der Waals surface area contributed by atoms with Crippen molar-refractivity contribution in [1.29, 1.82) is 0 Å². The van der Waals surface area contributed by atoms with Crippen molar-refractivity contribution in [2.75, 3.05) is 6.54 Å². The van der Waals surface area contributed by atoms with E-state index in [9.17, 15) is 24.0 Å². The molecule has 1 saturated heterocycles. The van der Waals surface area contributed by atoms with Gasteiger partial charge in [0, 0.05) is 31.5 Å². The van der Waals surface area contributed by atoms with Crippen molar-refractivity contribution in [1.82, 2.24) is 9.96 Å². The van der Waals surface area contributed by atoms with Gasteiger partial charge in [0.1, 0.15) is 0 Å². The third-order valence-electron chi connectivity index (χ3n) is 2.66. The molecule has 0 radical (unpaired) electrons. The molecular formula is C11H10N2O6. The fourth-order valence-corrected chi connectivity index (χ4v) is 1.70. The molecule has 0 saturated carbocycles. The van der Waals surface area contributed by atoms with Gasteiger partial charge in [-0.1, -0.05) is 5.06 Å². The molecule has 1 fully saturated rings. The maximum absolute atomic E-state index is 11.4. The number of hydrogen-bond acceptors (Lipinski definition) is 6. The summed E-state index contributed by atoms with van der Waals surface area (Å²) < 4.78 is 0. The number of hydrogen-bond donors (Lipinski definition) is 0. The summed E-state index contributed by atoms with van der Waals surface area (Å²) >= 11 is 0. The zero-order chi connectivity index (χ0) is 14.0. The predicted octanol–water partition coefficient (Wildman–Crippen LogP) is -1.09. The molecular weight excluding hydrogens is 256 g/mol. The average Bonchev–Trinajstić information content (AvgIpc) is 2.84. The van der Waals surface area contributed by atoms with Crippen LogP contribution in [0.3, 0.4) is 0 Å². The molecule has 0 N–H and O–H groups in total. The van der Waals surface area contributed by atoms with E-state index in [1.807, 2.05) is 0 Å². The van der Waals surface area contributed by atoms with Crippen LogP contribution < -0.4 is 0 Å². The molecule has 0 aliphatic carbocycles. The molecule has 0 atom stereocenters. The van der Waals surface area contributed by atoms with Gasteiger partial charge in [0.25, 0.3) is 11.8 Å². The van der Waals surface area contributed by atoms with Crippen LogP contribution in [0.1, 0.15) is 19.3 Å². The maximum atomic E-state index is 11.4. The Labute approximate surface area is 107 Å². The largest absolute Gasteiger partial charge is 0.335 e. The van der Waals surface area contributed by atoms with E-state index in [2.05, 4.69) is 4.84 Å². The van der Waals surface area contributed by atoms with Crippen LogP contribution in [0.2, 0.25) is 0 Å². The van der Waals surface area contributed by atoms with Gasteiger partial charge in [-0.15, -0.1) is 0 Å². The first-order valence-corrected chi connectivity index (χ1v) is 5.59. The van der Waals surface area contributed by atoms with Crippen molar-refractivity contribution >= 4 is 29.6 Å². The summed E-state index contributed by atoms with van der Waals surface area (Å²) in [5.41, 5.74) is 0. The van der Waals surface area contributed by atoms with Gasteiger partial charge in [0.05, 0.1) is 6.42 Å². The zero-order valence-corrected chi connectivity index (χ0v) is 9.83. The molecule has 2 aliphatic rings. The number of amides is 4. The van der Waals surface area contributed by atoms with E-state index in [4.69, 9.17) is 0 Å². The highest BCUT2D eigenvalue weighted by atomic mass is 16.7. The fourth-order valence-electron chi connectivity index (χ4n) is 1.70. The number of hydroxylamine groups is 2. The molecule has 0 bridgehead atoms. The van der Waals surface area contributed by atoms with Gasteiger partial charge in [0.15, 0.2) is 0 Å². The highest BCUT2D eigenvalue weighted by Gasteiger charge is 2.31. The number of carbonyl (C=O) groups excluding carboxylic acids is 5. The topological polar surface area (TPSA) is 101 Å². The van der Waals surface area contributed by atoms with Crippen LogP contribution in [0.4, 0.5) is 0 Å². The van der Waals surface area contributed by atoms with Gasteiger partial charge in [-0.3, -0.25) is 24.1 Å². The summed E-state index contributed by atoms with van der Waals surface area (Å²) in [6.07, 6.45) is 1.96. The number of nitrogens with zero attached hydrogens (tertiary/aromatic N) is 2. The minimum atomic E-state index is -0.863. The summed E-state index contributed by atoms with van der Waals surface area (Å²) in [4.78, 5) is 61.7. The van der Waals surface area contributed by atoms with Crippen LogP contribution in [0.25, 0.3) is 0 Å². The molecule has 4 amide bonds.